The predicted octanol–water partition coefficient (Wildman–Crippen LogP) is 2.16. The lowest BCUT2D eigenvalue weighted by molar-refractivity contribution is -0.0138. The molecular formula is C32H61N3O7. The summed E-state index contributed by atoms with van der Waals surface area (Å²) in [6.45, 7) is 8.10. The molecule has 0 rings (SSSR count). The molecule has 9 unspecified atom stereocenters. The normalized spacial score (nSPS) is 19.8. The van der Waals surface area contributed by atoms with E-state index in [2.05, 4.69) is 29.4 Å². The van der Waals surface area contributed by atoms with Crippen LogP contribution in [0.15, 0.2) is 40.9 Å². The average Bonchev–Trinajstić information content (AvgIpc) is 2.94. The van der Waals surface area contributed by atoms with Crippen molar-refractivity contribution in [1.29, 1.82) is 0 Å². The van der Waals surface area contributed by atoms with Crippen molar-refractivity contribution in [2.24, 2.45) is 28.5 Å². The largest absolute Gasteiger partial charge is 0.396 e. The third-order valence-electron chi connectivity index (χ3n) is 7.82. The van der Waals surface area contributed by atoms with Gasteiger partial charge in [-0.05, 0) is 76.2 Å². The van der Waals surface area contributed by atoms with Crippen molar-refractivity contribution in [3.63, 3.8) is 0 Å². The molecule has 0 aromatic rings. The smallest absolute Gasteiger partial charge is 0.188 e. The van der Waals surface area contributed by atoms with Crippen molar-refractivity contribution in [1.82, 2.24) is 5.32 Å². The standard InChI is InChI=1S/C32H61N3O7/c1-22(13-10-8-6-7-9-11-17-35-32(33)34-5)30(41)23(2)14-12-15-24(3)31(42)25(4)29(40)21-28(39)20-27(38)19-26(37)16-18-36/h6-7,12,14-15,22-23,25-31,36-42H,8-11,13,16-21H2,1-5H3,(H3,33,34,35)/b7-6+,14-12+,24-15+. The number of allylic oxidation sites excluding steroid dienone is 4. The molecule has 10 heteroatoms. The van der Waals surface area contributed by atoms with E-state index in [0.29, 0.717) is 11.5 Å². The number of nitrogens with zero attached hydrogens (tertiary/aromatic N) is 1. The molecule has 0 spiro atoms. The monoisotopic (exact) mass is 599 g/mol. The Morgan fingerprint density at radius 3 is 2.07 bits per heavy atom. The van der Waals surface area contributed by atoms with E-state index >= 15 is 0 Å². The van der Waals surface area contributed by atoms with Crippen LogP contribution in [0.25, 0.3) is 0 Å². The molecule has 0 amide bonds. The van der Waals surface area contributed by atoms with Gasteiger partial charge in [-0.25, -0.2) is 0 Å². The van der Waals surface area contributed by atoms with Crippen LogP contribution < -0.4 is 11.1 Å². The molecule has 0 aromatic carbocycles. The summed E-state index contributed by atoms with van der Waals surface area (Å²) in [5, 5.41) is 73.8. The van der Waals surface area contributed by atoms with Gasteiger partial charge in [0, 0.05) is 32.0 Å². The van der Waals surface area contributed by atoms with Gasteiger partial charge in [0.15, 0.2) is 5.96 Å². The molecular weight excluding hydrogens is 538 g/mol. The van der Waals surface area contributed by atoms with E-state index in [1.54, 1.807) is 27.0 Å². The number of rotatable bonds is 23. The highest BCUT2D eigenvalue weighted by Crippen LogP contribution is 2.23. The highest BCUT2D eigenvalue weighted by molar-refractivity contribution is 5.77. The summed E-state index contributed by atoms with van der Waals surface area (Å²) in [5.74, 6) is -0.0123. The summed E-state index contributed by atoms with van der Waals surface area (Å²) in [7, 11) is 1.65. The van der Waals surface area contributed by atoms with Crippen molar-refractivity contribution in [3.05, 3.63) is 36.0 Å². The Morgan fingerprint density at radius 2 is 1.45 bits per heavy atom. The van der Waals surface area contributed by atoms with Crippen LogP contribution in [-0.4, -0.2) is 98.5 Å². The average molecular weight is 600 g/mol. The van der Waals surface area contributed by atoms with E-state index in [4.69, 9.17) is 10.8 Å². The number of nitrogens with one attached hydrogen (secondary N) is 1. The first-order valence-corrected chi connectivity index (χ1v) is 15.5. The van der Waals surface area contributed by atoms with E-state index in [1.165, 1.54) is 0 Å². The number of hydrogen-bond acceptors (Lipinski definition) is 8. The highest BCUT2D eigenvalue weighted by Gasteiger charge is 2.27. The Labute approximate surface area is 253 Å². The molecule has 0 aliphatic rings. The molecule has 0 heterocycles. The van der Waals surface area contributed by atoms with Crippen molar-refractivity contribution < 1.29 is 35.7 Å². The van der Waals surface area contributed by atoms with Gasteiger partial charge in [0.2, 0.25) is 0 Å². The molecule has 10 nitrogen and oxygen atoms in total. The van der Waals surface area contributed by atoms with Crippen LogP contribution in [0.2, 0.25) is 0 Å². The second-order valence-corrected chi connectivity index (χ2v) is 11.8. The van der Waals surface area contributed by atoms with Crippen molar-refractivity contribution >= 4 is 5.96 Å². The molecule has 10 N–H and O–H groups in total. The van der Waals surface area contributed by atoms with E-state index in [-0.39, 0.29) is 44.1 Å². The van der Waals surface area contributed by atoms with Crippen LogP contribution in [-0.2, 0) is 0 Å². The van der Waals surface area contributed by atoms with Crippen LogP contribution in [0.5, 0.6) is 0 Å². The number of unbranched alkanes of at least 4 members (excludes halogenated alkanes) is 2. The minimum absolute atomic E-state index is 0.0148. The van der Waals surface area contributed by atoms with Crippen LogP contribution in [0.4, 0.5) is 0 Å². The topological polar surface area (TPSA) is 192 Å². The van der Waals surface area contributed by atoms with Gasteiger partial charge in [0.1, 0.15) is 0 Å². The third kappa shape index (κ3) is 18.7. The first-order chi connectivity index (χ1) is 19.8. The number of nitrogens with two attached hydrogens (primary N) is 1. The van der Waals surface area contributed by atoms with E-state index in [0.717, 1.165) is 38.6 Å². The molecule has 0 bridgehead atoms. The maximum absolute atomic E-state index is 10.7. The lowest BCUT2D eigenvalue weighted by atomic mass is 9.88. The first kappa shape index (κ1) is 40.2. The molecule has 9 atom stereocenters. The molecule has 0 aliphatic heterocycles. The zero-order chi connectivity index (χ0) is 32.1. The van der Waals surface area contributed by atoms with Crippen LogP contribution >= 0.6 is 0 Å². The Balaban J connectivity index is 4.51. The number of aliphatic hydroxyl groups excluding tert-OH is 7. The second-order valence-electron chi connectivity index (χ2n) is 11.8. The summed E-state index contributed by atoms with van der Waals surface area (Å²) in [6, 6.07) is 0. The maximum Gasteiger partial charge on any atom is 0.188 e. The Kier molecular flexibility index (Phi) is 22.6. The molecule has 42 heavy (non-hydrogen) atoms. The fraction of sp³-hybridized carbons (Fsp3) is 0.781. The van der Waals surface area contributed by atoms with E-state index < -0.39 is 42.5 Å². The summed E-state index contributed by atoms with van der Waals surface area (Å²) in [5.41, 5.74) is 6.24. The lowest BCUT2D eigenvalue weighted by Gasteiger charge is -2.27. The number of guanidine groups is 1. The summed E-state index contributed by atoms with van der Waals surface area (Å²) < 4.78 is 0. The fourth-order valence-corrected chi connectivity index (χ4v) is 4.80. The second kappa shape index (κ2) is 23.6. The van der Waals surface area contributed by atoms with Crippen LogP contribution in [0.3, 0.4) is 0 Å². The van der Waals surface area contributed by atoms with Gasteiger partial charge in [0.25, 0.3) is 0 Å². The summed E-state index contributed by atoms with van der Waals surface area (Å²) >= 11 is 0. The van der Waals surface area contributed by atoms with Crippen molar-refractivity contribution in [2.75, 3.05) is 20.2 Å². The van der Waals surface area contributed by atoms with Gasteiger partial charge in [0.05, 0.1) is 36.6 Å². The van der Waals surface area contributed by atoms with Gasteiger partial charge in [-0.3, -0.25) is 4.99 Å². The zero-order valence-corrected chi connectivity index (χ0v) is 26.5. The number of hydrogen-bond donors (Lipinski definition) is 9. The Morgan fingerprint density at radius 1 is 0.857 bits per heavy atom. The third-order valence-corrected chi connectivity index (χ3v) is 7.82. The van der Waals surface area contributed by atoms with Crippen LogP contribution in [0, 0.1) is 17.8 Å². The molecule has 0 saturated carbocycles. The fourth-order valence-electron chi connectivity index (χ4n) is 4.80. The summed E-state index contributed by atoms with van der Waals surface area (Å²) in [6.07, 6.45) is 9.68. The minimum atomic E-state index is -0.996. The van der Waals surface area contributed by atoms with E-state index in [1.807, 2.05) is 19.1 Å². The lowest BCUT2D eigenvalue weighted by Crippen LogP contribution is -2.34. The molecule has 0 saturated heterocycles. The molecule has 246 valence electrons. The Hall–Kier alpha value is -1.79. The molecule has 0 radical (unpaired) electrons. The Bertz CT molecular complexity index is 805. The quantitative estimate of drug-likeness (QED) is 0.0278. The van der Waals surface area contributed by atoms with Gasteiger partial charge in [-0.1, -0.05) is 51.2 Å². The van der Waals surface area contributed by atoms with Crippen LogP contribution in [0.1, 0.15) is 85.5 Å². The number of aliphatic imine (C=N–C) groups is 1. The zero-order valence-electron chi connectivity index (χ0n) is 26.5. The number of aliphatic hydroxyl groups is 7. The molecule has 0 aromatic heterocycles. The highest BCUT2D eigenvalue weighted by atomic mass is 16.3. The van der Waals surface area contributed by atoms with Gasteiger partial charge in [-0.15, -0.1) is 0 Å². The SMILES string of the molecule is CN=C(N)NCCC/C=C/CCCC(C)C(O)C(C)/C=C/C=C(\C)C(O)C(C)C(O)CC(O)CC(O)CC(O)CCO. The minimum Gasteiger partial charge on any atom is -0.396 e. The van der Waals surface area contributed by atoms with Gasteiger partial charge >= 0.3 is 0 Å². The van der Waals surface area contributed by atoms with Gasteiger partial charge < -0.3 is 46.8 Å². The first-order valence-electron chi connectivity index (χ1n) is 15.5. The van der Waals surface area contributed by atoms with Crippen molar-refractivity contribution in [2.45, 2.75) is 122 Å². The van der Waals surface area contributed by atoms with E-state index in [9.17, 15) is 30.6 Å². The predicted molar refractivity (Wildman–Crippen MR) is 170 cm³/mol. The molecule has 0 aliphatic carbocycles. The van der Waals surface area contributed by atoms with Gasteiger partial charge in [-0.2, -0.15) is 0 Å². The summed E-state index contributed by atoms with van der Waals surface area (Å²) in [4.78, 5) is 3.85. The maximum atomic E-state index is 10.7. The molecule has 0 fully saturated rings. The van der Waals surface area contributed by atoms with Crippen molar-refractivity contribution in [3.8, 4) is 0 Å².